The Bertz CT molecular complexity index is 557. The third-order valence-electron chi connectivity index (χ3n) is 4.29. The largest absolute Gasteiger partial charge is 0.465 e. The van der Waals surface area contributed by atoms with E-state index in [9.17, 15) is 19.5 Å². The zero-order chi connectivity index (χ0) is 21.7. The number of morpholine rings is 1. The Morgan fingerprint density at radius 1 is 1.10 bits per heavy atom. The first kappa shape index (κ1) is 25.1. The Morgan fingerprint density at radius 3 is 2.38 bits per heavy atom. The van der Waals surface area contributed by atoms with Gasteiger partial charge in [-0.25, -0.2) is 9.59 Å². The molecule has 0 aliphatic carbocycles. The molecule has 1 unspecified atom stereocenters. The van der Waals surface area contributed by atoms with Gasteiger partial charge in [0.15, 0.2) is 0 Å². The number of rotatable bonds is 12. The van der Waals surface area contributed by atoms with Crippen molar-refractivity contribution < 1.29 is 38.4 Å². The summed E-state index contributed by atoms with van der Waals surface area (Å²) in [5, 5.41) is 9.56. The molecule has 1 rings (SSSR count). The number of hydrogen-bond acceptors (Lipinski definition) is 9. The highest BCUT2D eigenvalue weighted by molar-refractivity contribution is 5.91. The van der Waals surface area contributed by atoms with Gasteiger partial charge in [-0.2, -0.15) is 0 Å². The molecule has 0 saturated carbocycles. The van der Waals surface area contributed by atoms with Crippen LogP contribution in [0.3, 0.4) is 0 Å². The summed E-state index contributed by atoms with van der Waals surface area (Å²) in [6.45, 7) is 8.39. The lowest BCUT2D eigenvalue weighted by Gasteiger charge is -2.26. The van der Waals surface area contributed by atoms with Crippen molar-refractivity contribution in [2.75, 3.05) is 52.7 Å². The maximum Gasteiger partial charge on any atom is 0.331 e. The van der Waals surface area contributed by atoms with Gasteiger partial charge in [0.2, 0.25) is 0 Å². The first-order valence-corrected chi connectivity index (χ1v) is 9.90. The number of carbonyl (C=O) groups is 3. The van der Waals surface area contributed by atoms with Crippen molar-refractivity contribution >= 4 is 17.9 Å². The number of aliphatic hydroxyl groups excluding tert-OH is 1. The van der Waals surface area contributed by atoms with Crippen LogP contribution in [0.5, 0.6) is 0 Å². The van der Waals surface area contributed by atoms with E-state index in [-0.39, 0.29) is 19.3 Å². The maximum atomic E-state index is 12.3. The highest BCUT2D eigenvalue weighted by Gasteiger charge is 2.36. The van der Waals surface area contributed by atoms with Crippen molar-refractivity contribution in [3.05, 3.63) is 12.2 Å². The highest BCUT2D eigenvalue weighted by atomic mass is 16.6. The van der Waals surface area contributed by atoms with Gasteiger partial charge < -0.3 is 24.1 Å². The Balaban J connectivity index is 2.30. The quantitative estimate of drug-likeness (QED) is 0.213. The molecule has 1 heterocycles. The van der Waals surface area contributed by atoms with Gasteiger partial charge in [-0.1, -0.05) is 0 Å². The fourth-order valence-corrected chi connectivity index (χ4v) is 2.46. The van der Waals surface area contributed by atoms with Gasteiger partial charge in [-0.15, -0.1) is 0 Å². The van der Waals surface area contributed by atoms with E-state index < -0.39 is 29.9 Å². The minimum Gasteiger partial charge on any atom is -0.465 e. The fraction of sp³-hybridized carbons (Fsp3) is 0.750. The minimum atomic E-state index is -1.37. The normalized spacial score (nSPS) is 17.1. The van der Waals surface area contributed by atoms with E-state index in [4.69, 9.17) is 18.9 Å². The average molecular weight is 415 g/mol. The molecule has 0 aromatic rings. The summed E-state index contributed by atoms with van der Waals surface area (Å²) in [5.74, 6) is -2.12. The summed E-state index contributed by atoms with van der Waals surface area (Å²) in [6, 6.07) is 0. The van der Waals surface area contributed by atoms with Crippen LogP contribution in [0.2, 0.25) is 0 Å². The van der Waals surface area contributed by atoms with Gasteiger partial charge in [0.25, 0.3) is 0 Å². The molecule has 0 bridgehead atoms. The Hall–Kier alpha value is -1.97. The molecule has 9 nitrogen and oxygen atoms in total. The summed E-state index contributed by atoms with van der Waals surface area (Å²) in [4.78, 5) is 37.6. The SMILES string of the molecule is CC(C)OC(=O)/C=C/C(=O)OCC(C)(CO)C(=O)OCCCCN1CCOCC1. The zero-order valence-electron chi connectivity index (χ0n) is 17.6. The second-order valence-corrected chi connectivity index (χ2v) is 7.44. The van der Waals surface area contributed by atoms with Gasteiger partial charge in [0.1, 0.15) is 12.0 Å². The van der Waals surface area contributed by atoms with Crippen LogP contribution in [0.25, 0.3) is 0 Å². The molecule has 1 atom stereocenters. The summed E-state index contributed by atoms with van der Waals surface area (Å²) >= 11 is 0. The van der Waals surface area contributed by atoms with E-state index in [1.807, 2.05) is 0 Å². The first-order chi connectivity index (χ1) is 13.8. The number of esters is 3. The Labute approximate surface area is 171 Å². The fourth-order valence-electron chi connectivity index (χ4n) is 2.46. The molecule has 0 aromatic carbocycles. The molecule has 166 valence electrons. The Morgan fingerprint density at radius 2 is 1.76 bits per heavy atom. The van der Waals surface area contributed by atoms with E-state index in [2.05, 4.69) is 4.90 Å². The van der Waals surface area contributed by atoms with Gasteiger partial charge in [0.05, 0.1) is 32.5 Å². The van der Waals surface area contributed by atoms with Crippen molar-refractivity contribution in [3.8, 4) is 0 Å². The molecular formula is C20H33NO8. The number of ether oxygens (including phenoxy) is 4. The third-order valence-corrected chi connectivity index (χ3v) is 4.29. The van der Waals surface area contributed by atoms with Gasteiger partial charge in [-0.3, -0.25) is 9.69 Å². The summed E-state index contributed by atoms with van der Waals surface area (Å²) in [7, 11) is 0. The van der Waals surface area contributed by atoms with Crippen LogP contribution in [-0.4, -0.2) is 86.7 Å². The molecule has 0 amide bonds. The van der Waals surface area contributed by atoms with Crippen molar-refractivity contribution in [1.29, 1.82) is 0 Å². The van der Waals surface area contributed by atoms with E-state index in [1.54, 1.807) is 13.8 Å². The lowest BCUT2D eigenvalue weighted by atomic mass is 9.93. The van der Waals surface area contributed by atoms with E-state index >= 15 is 0 Å². The summed E-state index contributed by atoms with van der Waals surface area (Å²) < 4.78 is 20.3. The molecular weight excluding hydrogens is 382 g/mol. The van der Waals surface area contributed by atoms with Crippen LogP contribution in [0.15, 0.2) is 12.2 Å². The lowest BCUT2D eigenvalue weighted by Crippen LogP contribution is -2.39. The van der Waals surface area contributed by atoms with E-state index in [1.165, 1.54) is 6.92 Å². The number of hydrogen-bond donors (Lipinski definition) is 1. The smallest absolute Gasteiger partial charge is 0.331 e. The predicted molar refractivity (Wildman–Crippen MR) is 104 cm³/mol. The first-order valence-electron chi connectivity index (χ1n) is 9.90. The Kier molecular flexibility index (Phi) is 11.5. The maximum absolute atomic E-state index is 12.3. The lowest BCUT2D eigenvalue weighted by molar-refractivity contribution is -0.164. The van der Waals surface area contributed by atoms with Crippen LogP contribution >= 0.6 is 0 Å². The summed E-state index contributed by atoms with van der Waals surface area (Å²) in [5.41, 5.74) is -1.37. The summed E-state index contributed by atoms with van der Waals surface area (Å²) in [6.07, 6.45) is 3.15. The molecule has 1 aliphatic rings. The number of carbonyl (C=O) groups excluding carboxylic acids is 3. The molecule has 9 heteroatoms. The molecule has 0 aromatic heterocycles. The van der Waals surface area contributed by atoms with Crippen molar-refractivity contribution in [2.24, 2.45) is 5.41 Å². The number of aliphatic hydroxyl groups is 1. The van der Waals surface area contributed by atoms with Crippen LogP contribution in [-0.2, 0) is 33.3 Å². The van der Waals surface area contributed by atoms with Gasteiger partial charge in [0, 0.05) is 25.2 Å². The predicted octanol–water partition coefficient (Wildman–Crippen LogP) is 0.692. The molecule has 1 saturated heterocycles. The molecule has 1 aliphatic heterocycles. The molecule has 1 N–H and O–H groups in total. The van der Waals surface area contributed by atoms with Crippen molar-refractivity contribution in [3.63, 3.8) is 0 Å². The van der Waals surface area contributed by atoms with Crippen LogP contribution in [0.1, 0.15) is 33.6 Å². The average Bonchev–Trinajstić information content (AvgIpc) is 2.70. The molecule has 29 heavy (non-hydrogen) atoms. The topological polar surface area (TPSA) is 112 Å². The monoisotopic (exact) mass is 415 g/mol. The van der Waals surface area contributed by atoms with Crippen molar-refractivity contribution in [2.45, 2.75) is 39.7 Å². The number of nitrogens with zero attached hydrogens (tertiary/aromatic N) is 1. The zero-order valence-corrected chi connectivity index (χ0v) is 17.6. The van der Waals surface area contributed by atoms with E-state index in [0.717, 1.165) is 51.4 Å². The second kappa shape index (κ2) is 13.3. The third kappa shape index (κ3) is 10.4. The standard InChI is InChI=1S/C20H33NO8/c1-16(2)29-18(24)7-6-17(23)28-15-20(3,14-22)19(25)27-11-5-4-8-21-9-12-26-13-10-21/h6-7,16,22H,4-5,8-15H2,1-3H3/b7-6+. The number of unbranched alkanes of at least 4 members (excludes halogenated alkanes) is 1. The highest BCUT2D eigenvalue weighted by Crippen LogP contribution is 2.19. The van der Waals surface area contributed by atoms with E-state index in [0.29, 0.717) is 6.42 Å². The molecule has 0 spiro atoms. The van der Waals surface area contributed by atoms with Gasteiger partial charge >= 0.3 is 17.9 Å². The molecule has 1 fully saturated rings. The minimum absolute atomic E-state index is 0.230. The van der Waals surface area contributed by atoms with Crippen LogP contribution < -0.4 is 0 Å². The second-order valence-electron chi connectivity index (χ2n) is 7.44. The van der Waals surface area contributed by atoms with Crippen molar-refractivity contribution in [1.82, 2.24) is 4.90 Å². The van der Waals surface area contributed by atoms with Gasteiger partial charge in [-0.05, 0) is 40.2 Å². The molecule has 0 radical (unpaired) electrons. The van der Waals surface area contributed by atoms with Crippen LogP contribution in [0.4, 0.5) is 0 Å². The van der Waals surface area contributed by atoms with Crippen LogP contribution in [0, 0.1) is 5.41 Å².